The van der Waals surface area contributed by atoms with E-state index in [9.17, 15) is 4.39 Å². The van der Waals surface area contributed by atoms with Crippen molar-refractivity contribution in [2.45, 2.75) is 13.8 Å². The fourth-order valence-electron chi connectivity index (χ4n) is 1.46. The molecule has 0 unspecified atom stereocenters. The average Bonchev–Trinajstić information content (AvgIpc) is 2.57. The maximum Gasteiger partial charge on any atom is 0.147 e. The van der Waals surface area contributed by atoms with Crippen LogP contribution in [0, 0.1) is 12.7 Å². The summed E-state index contributed by atoms with van der Waals surface area (Å²) in [7, 11) is 0. The van der Waals surface area contributed by atoms with Gasteiger partial charge in [0.25, 0.3) is 0 Å². The topological polar surface area (TPSA) is 24.9 Å². The van der Waals surface area contributed by atoms with Gasteiger partial charge in [-0.2, -0.15) is 4.37 Å². The van der Waals surface area contributed by atoms with E-state index in [1.54, 1.807) is 13.0 Å². The molecule has 0 aliphatic heterocycles. The molecule has 0 spiro atoms. The highest BCUT2D eigenvalue weighted by molar-refractivity contribution is 7.13. The minimum absolute atomic E-state index is 0.170. The van der Waals surface area contributed by atoms with Crippen LogP contribution in [0.1, 0.15) is 12.5 Å². The molecule has 2 aromatic rings. The van der Waals surface area contributed by atoms with E-state index < -0.39 is 0 Å². The zero-order valence-electron chi connectivity index (χ0n) is 8.10. The molecular weight excluding hydrogens is 199 g/mol. The van der Waals surface area contributed by atoms with E-state index in [2.05, 4.69) is 9.69 Å². The number of rotatable bonds is 2. The van der Waals surface area contributed by atoms with Crippen LogP contribution in [0.25, 0.3) is 10.1 Å². The number of benzene rings is 1. The van der Waals surface area contributed by atoms with Crippen molar-refractivity contribution in [1.82, 2.24) is 4.37 Å². The summed E-state index contributed by atoms with van der Waals surface area (Å²) in [5, 5.41) is 4.04. The lowest BCUT2D eigenvalue weighted by Crippen LogP contribution is -1.97. The van der Waals surface area contributed by atoms with Crippen LogP contribution < -0.4 is 5.32 Å². The minimum atomic E-state index is -0.170. The standard InChI is InChI=1S/C10H11FN2S/c1-3-12-10-9-6(2)7(11)4-5-8(9)14-13-10/h4-5H,3H2,1-2H3,(H,12,13). The van der Waals surface area contributed by atoms with E-state index >= 15 is 0 Å². The van der Waals surface area contributed by atoms with Gasteiger partial charge in [-0.25, -0.2) is 4.39 Å². The number of nitrogens with one attached hydrogen (secondary N) is 1. The Hall–Kier alpha value is -1.16. The number of hydrogen-bond donors (Lipinski definition) is 1. The zero-order valence-corrected chi connectivity index (χ0v) is 8.91. The number of halogens is 1. The summed E-state index contributed by atoms with van der Waals surface area (Å²) in [6.45, 7) is 4.58. The Kier molecular flexibility index (Phi) is 2.37. The molecule has 14 heavy (non-hydrogen) atoms. The highest BCUT2D eigenvalue weighted by atomic mass is 32.1. The Morgan fingerprint density at radius 2 is 2.29 bits per heavy atom. The van der Waals surface area contributed by atoms with Crippen LogP contribution in [0.15, 0.2) is 12.1 Å². The van der Waals surface area contributed by atoms with Crippen molar-refractivity contribution in [3.8, 4) is 0 Å². The number of nitrogens with zero attached hydrogens (tertiary/aromatic N) is 1. The molecule has 2 rings (SSSR count). The van der Waals surface area contributed by atoms with Crippen molar-refractivity contribution >= 4 is 27.4 Å². The highest BCUT2D eigenvalue weighted by Crippen LogP contribution is 2.30. The third kappa shape index (κ3) is 1.35. The van der Waals surface area contributed by atoms with Crippen molar-refractivity contribution in [1.29, 1.82) is 0 Å². The summed E-state index contributed by atoms with van der Waals surface area (Å²) in [5.74, 6) is 0.626. The lowest BCUT2D eigenvalue weighted by atomic mass is 10.1. The summed E-state index contributed by atoms with van der Waals surface area (Å²) >= 11 is 1.40. The monoisotopic (exact) mass is 210 g/mol. The number of fused-ring (bicyclic) bond motifs is 1. The van der Waals surface area contributed by atoms with Crippen molar-refractivity contribution in [3.05, 3.63) is 23.5 Å². The second-order valence-corrected chi connectivity index (χ2v) is 3.91. The molecule has 1 aromatic heterocycles. The smallest absolute Gasteiger partial charge is 0.147 e. The average molecular weight is 210 g/mol. The lowest BCUT2D eigenvalue weighted by Gasteiger charge is -2.02. The van der Waals surface area contributed by atoms with E-state index in [0.717, 1.165) is 22.4 Å². The predicted octanol–water partition coefficient (Wildman–Crippen LogP) is 3.18. The highest BCUT2D eigenvalue weighted by Gasteiger charge is 2.10. The molecule has 1 N–H and O–H groups in total. The second-order valence-electron chi connectivity index (χ2n) is 3.11. The van der Waals surface area contributed by atoms with Gasteiger partial charge in [-0.15, -0.1) is 0 Å². The van der Waals surface area contributed by atoms with Gasteiger partial charge < -0.3 is 5.32 Å². The molecule has 0 atom stereocenters. The Bertz CT molecular complexity index is 464. The van der Waals surface area contributed by atoms with E-state index in [1.165, 1.54) is 17.6 Å². The SMILES string of the molecule is CCNc1nsc2ccc(F)c(C)c12. The summed E-state index contributed by atoms with van der Waals surface area (Å²) in [5.41, 5.74) is 0.673. The summed E-state index contributed by atoms with van der Waals surface area (Å²) in [6.07, 6.45) is 0. The van der Waals surface area contributed by atoms with Gasteiger partial charge in [-0.3, -0.25) is 0 Å². The van der Waals surface area contributed by atoms with Crippen molar-refractivity contribution in [2.75, 3.05) is 11.9 Å². The van der Waals surface area contributed by atoms with Crippen LogP contribution in [0.5, 0.6) is 0 Å². The molecule has 0 radical (unpaired) electrons. The first-order chi connectivity index (χ1) is 6.74. The van der Waals surface area contributed by atoms with Crippen molar-refractivity contribution < 1.29 is 4.39 Å². The number of hydrogen-bond acceptors (Lipinski definition) is 3. The van der Waals surface area contributed by atoms with Crippen LogP contribution in [-0.4, -0.2) is 10.9 Å². The first-order valence-electron chi connectivity index (χ1n) is 4.52. The quantitative estimate of drug-likeness (QED) is 0.823. The minimum Gasteiger partial charge on any atom is -0.369 e. The summed E-state index contributed by atoms with van der Waals surface area (Å²) in [4.78, 5) is 0. The van der Waals surface area contributed by atoms with Crippen molar-refractivity contribution in [3.63, 3.8) is 0 Å². The zero-order chi connectivity index (χ0) is 10.1. The van der Waals surface area contributed by atoms with Gasteiger partial charge in [-0.1, -0.05) is 0 Å². The molecule has 4 heteroatoms. The number of aryl methyl sites for hydroxylation is 1. The van der Waals surface area contributed by atoms with Gasteiger partial charge in [-0.05, 0) is 43.1 Å². The van der Waals surface area contributed by atoms with Gasteiger partial charge in [0, 0.05) is 11.9 Å². The third-order valence-electron chi connectivity index (χ3n) is 2.18. The molecule has 0 aliphatic rings. The molecule has 0 saturated heterocycles. The van der Waals surface area contributed by atoms with Gasteiger partial charge in [0.15, 0.2) is 0 Å². The van der Waals surface area contributed by atoms with E-state index in [4.69, 9.17) is 0 Å². The lowest BCUT2D eigenvalue weighted by molar-refractivity contribution is 0.621. The maximum atomic E-state index is 13.3. The Balaban J connectivity index is 2.69. The molecule has 0 amide bonds. The van der Waals surface area contributed by atoms with Crippen LogP contribution in [0.4, 0.5) is 10.2 Å². The molecule has 1 heterocycles. The predicted molar refractivity (Wildman–Crippen MR) is 58.5 cm³/mol. The molecule has 74 valence electrons. The fourth-order valence-corrected chi connectivity index (χ4v) is 2.28. The van der Waals surface area contributed by atoms with Gasteiger partial charge in [0.1, 0.15) is 11.6 Å². The van der Waals surface area contributed by atoms with Gasteiger partial charge >= 0.3 is 0 Å². The first kappa shape index (κ1) is 9.40. The molecule has 0 aliphatic carbocycles. The summed E-state index contributed by atoms with van der Waals surface area (Å²) < 4.78 is 18.6. The molecule has 0 bridgehead atoms. The molecule has 2 nitrogen and oxygen atoms in total. The number of anilines is 1. The summed E-state index contributed by atoms with van der Waals surface area (Å²) in [6, 6.07) is 3.27. The van der Waals surface area contributed by atoms with E-state index in [-0.39, 0.29) is 5.82 Å². The van der Waals surface area contributed by atoms with Gasteiger partial charge in [0.05, 0.1) is 4.70 Å². The largest absolute Gasteiger partial charge is 0.369 e. The van der Waals surface area contributed by atoms with Crippen molar-refractivity contribution in [2.24, 2.45) is 0 Å². The molecule has 1 aromatic carbocycles. The van der Waals surface area contributed by atoms with E-state index in [1.807, 2.05) is 6.92 Å². The molecular formula is C10H11FN2S. The van der Waals surface area contributed by atoms with Crippen LogP contribution in [-0.2, 0) is 0 Å². The Labute approximate surface area is 85.9 Å². The van der Waals surface area contributed by atoms with Crippen LogP contribution >= 0.6 is 11.5 Å². The fraction of sp³-hybridized carbons (Fsp3) is 0.300. The maximum absolute atomic E-state index is 13.3. The second kappa shape index (κ2) is 3.53. The first-order valence-corrected chi connectivity index (χ1v) is 5.29. The normalized spacial score (nSPS) is 10.8. The Morgan fingerprint density at radius 3 is 3.00 bits per heavy atom. The van der Waals surface area contributed by atoms with Crippen LogP contribution in [0.2, 0.25) is 0 Å². The van der Waals surface area contributed by atoms with E-state index in [0.29, 0.717) is 5.56 Å². The van der Waals surface area contributed by atoms with Gasteiger partial charge in [0.2, 0.25) is 0 Å². The molecule has 0 fully saturated rings. The molecule has 0 saturated carbocycles. The Morgan fingerprint density at radius 1 is 1.50 bits per heavy atom. The third-order valence-corrected chi connectivity index (χ3v) is 2.99. The number of aromatic nitrogens is 1. The van der Waals surface area contributed by atoms with Crippen LogP contribution in [0.3, 0.4) is 0 Å².